The Labute approximate surface area is 139 Å². The third-order valence-electron chi connectivity index (χ3n) is 4.17. The molecule has 0 aliphatic carbocycles. The van der Waals surface area contributed by atoms with Crippen LogP contribution in [0.15, 0.2) is 48.5 Å². The molecule has 0 unspecified atom stereocenters. The molecule has 0 aromatic heterocycles. The van der Waals surface area contributed by atoms with Gasteiger partial charge in [0.15, 0.2) is 0 Å². The second-order valence-corrected chi connectivity index (χ2v) is 6.68. The van der Waals surface area contributed by atoms with Crippen LogP contribution >= 0.6 is 11.8 Å². The van der Waals surface area contributed by atoms with Gasteiger partial charge in [0, 0.05) is 11.5 Å². The van der Waals surface area contributed by atoms with E-state index < -0.39 is 12.0 Å². The highest BCUT2D eigenvalue weighted by Gasteiger charge is 2.14. The smallest absolute Gasteiger partial charge is 0.321 e. The average Bonchev–Trinajstić information content (AvgIpc) is 2.57. The number of hydrogen-bond donors (Lipinski definition) is 2. The maximum absolute atomic E-state index is 10.9. The summed E-state index contributed by atoms with van der Waals surface area (Å²) in [6.45, 7) is 2.15. The number of hydrogen-bond acceptors (Lipinski definition) is 3. The lowest BCUT2D eigenvalue weighted by atomic mass is 9.93. The monoisotopic (exact) mass is 325 g/mol. The summed E-state index contributed by atoms with van der Waals surface area (Å²) < 4.78 is 0. The van der Waals surface area contributed by atoms with Crippen molar-refractivity contribution in [3.8, 4) is 0 Å². The molecule has 0 heterocycles. The molecule has 3 rings (SSSR count). The number of carbonyl (C=O) groups is 1. The highest BCUT2D eigenvalue weighted by molar-refractivity contribution is 7.98. The van der Waals surface area contributed by atoms with E-state index in [-0.39, 0.29) is 0 Å². The molecule has 0 saturated heterocycles. The van der Waals surface area contributed by atoms with Crippen molar-refractivity contribution in [3.63, 3.8) is 0 Å². The third kappa shape index (κ3) is 3.05. The Hall–Kier alpha value is -2.04. The van der Waals surface area contributed by atoms with Gasteiger partial charge in [0.25, 0.3) is 0 Å². The Bertz CT molecular complexity index is 819. The SMILES string of the molecule is Cc1c2ccccc2c(CSC[C@H](N)C(=O)O)c2ccccc12. The van der Waals surface area contributed by atoms with Crippen molar-refractivity contribution in [1.82, 2.24) is 0 Å². The van der Waals surface area contributed by atoms with Gasteiger partial charge in [-0.15, -0.1) is 0 Å². The van der Waals surface area contributed by atoms with Crippen molar-refractivity contribution in [2.24, 2.45) is 5.73 Å². The molecule has 0 amide bonds. The second-order valence-electron chi connectivity index (χ2n) is 5.65. The van der Waals surface area contributed by atoms with Crippen LogP contribution in [0.4, 0.5) is 0 Å². The zero-order chi connectivity index (χ0) is 16.4. The number of carboxylic acids is 1. The molecule has 3 N–H and O–H groups in total. The van der Waals surface area contributed by atoms with Crippen LogP contribution in [0.5, 0.6) is 0 Å². The molecule has 3 aromatic carbocycles. The first kappa shape index (κ1) is 15.8. The normalized spacial score (nSPS) is 12.6. The van der Waals surface area contributed by atoms with E-state index in [4.69, 9.17) is 10.8 Å². The first-order valence-corrected chi connectivity index (χ1v) is 8.70. The molecular formula is C19H19NO2S. The minimum absolute atomic E-state index is 0.409. The number of fused-ring (bicyclic) bond motifs is 2. The van der Waals surface area contributed by atoms with Gasteiger partial charge in [-0.3, -0.25) is 4.79 Å². The minimum Gasteiger partial charge on any atom is -0.480 e. The molecule has 23 heavy (non-hydrogen) atoms. The van der Waals surface area contributed by atoms with Crippen molar-refractivity contribution >= 4 is 39.3 Å². The van der Waals surface area contributed by atoms with Crippen LogP contribution in [-0.2, 0) is 10.5 Å². The van der Waals surface area contributed by atoms with E-state index in [9.17, 15) is 4.79 Å². The number of benzene rings is 3. The van der Waals surface area contributed by atoms with Gasteiger partial charge in [0.05, 0.1) is 0 Å². The summed E-state index contributed by atoms with van der Waals surface area (Å²) in [6.07, 6.45) is 0. The lowest BCUT2D eigenvalue weighted by Crippen LogP contribution is -2.32. The Morgan fingerprint density at radius 3 is 2.00 bits per heavy atom. The maximum atomic E-state index is 10.9. The van der Waals surface area contributed by atoms with Crippen LogP contribution < -0.4 is 5.73 Å². The number of nitrogens with two attached hydrogens (primary N) is 1. The number of aryl methyl sites for hydroxylation is 1. The third-order valence-corrected chi connectivity index (χ3v) is 5.26. The molecule has 118 valence electrons. The lowest BCUT2D eigenvalue weighted by Gasteiger charge is -2.15. The van der Waals surface area contributed by atoms with E-state index in [0.717, 1.165) is 5.75 Å². The Morgan fingerprint density at radius 2 is 1.52 bits per heavy atom. The van der Waals surface area contributed by atoms with Crippen molar-refractivity contribution in [3.05, 3.63) is 59.7 Å². The Morgan fingerprint density at radius 1 is 1.04 bits per heavy atom. The molecule has 3 aromatic rings. The van der Waals surface area contributed by atoms with E-state index in [1.54, 1.807) is 11.8 Å². The highest BCUT2D eigenvalue weighted by Crippen LogP contribution is 2.34. The van der Waals surface area contributed by atoms with Gasteiger partial charge in [-0.2, -0.15) is 11.8 Å². The predicted octanol–water partition coefficient (Wildman–Crippen LogP) is 3.95. The Balaban J connectivity index is 2.06. The summed E-state index contributed by atoms with van der Waals surface area (Å²) in [4.78, 5) is 10.9. The van der Waals surface area contributed by atoms with Gasteiger partial charge in [-0.25, -0.2) is 0 Å². The zero-order valence-electron chi connectivity index (χ0n) is 13.0. The van der Waals surface area contributed by atoms with Crippen LogP contribution in [0.3, 0.4) is 0 Å². The van der Waals surface area contributed by atoms with Gasteiger partial charge in [0.1, 0.15) is 6.04 Å². The first-order chi connectivity index (χ1) is 11.1. The molecule has 1 atom stereocenters. The number of thioether (sulfide) groups is 1. The van der Waals surface area contributed by atoms with Gasteiger partial charge >= 0.3 is 5.97 Å². The number of aliphatic carboxylic acids is 1. The number of carboxylic acid groups (broad SMARTS) is 1. The van der Waals surface area contributed by atoms with Crippen LogP contribution in [-0.4, -0.2) is 22.9 Å². The van der Waals surface area contributed by atoms with Crippen molar-refractivity contribution in [2.75, 3.05) is 5.75 Å². The molecule has 0 aliphatic rings. The standard InChI is InChI=1S/C19H19NO2S/c1-12-13-6-2-4-8-15(13)17(10-23-11-18(20)19(21)22)16-9-5-3-7-14(12)16/h2-9,18H,10-11,20H2,1H3,(H,21,22)/t18-/m0/s1. The molecule has 0 spiro atoms. The molecular weight excluding hydrogens is 306 g/mol. The first-order valence-electron chi connectivity index (χ1n) is 7.54. The molecule has 0 aliphatic heterocycles. The number of rotatable bonds is 5. The average molecular weight is 325 g/mol. The van der Waals surface area contributed by atoms with E-state index in [2.05, 4.69) is 43.3 Å². The van der Waals surface area contributed by atoms with Crippen LogP contribution in [0.1, 0.15) is 11.1 Å². The summed E-state index contributed by atoms with van der Waals surface area (Å²) in [5.41, 5.74) is 8.15. The molecule has 0 bridgehead atoms. The zero-order valence-corrected chi connectivity index (χ0v) is 13.8. The summed E-state index contributed by atoms with van der Waals surface area (Å²) >= 11 is 1.57. The van der Waals surface area contributed by atoms with Crippen LogP contribution in [0.25, 0.3) is 21.5 Å². The summed E-state index contributed by atoms with van der Waals surface area (Å²) in [5.74, 6) is 0.213. The lowest BCUT2D eigenvalue weighted by molar-refractivity contribution is -0.137. The van der Waals surface area contributed by atoms with Gasteiger partial charge in [-0.05, 0) is 39.6 Å². The van der Waals surface area contributed by atoms with E-state index >= 15 is 0 Å². The summed E-state index contributed by atoms with van der Waals surface area (Å²) in [6, 6.07) is 16.0. The largest absolute Gasteiger partial charge is 0.480 e. The van der Waals surface area contributed by atoms with Gasteiger partial charge in [0.2, 0.25) is 0 Å². The van der Waals surface area contributed by atoms with Crippen LogP contribution in [0, 0.1) is 6.92 Å². The molecule has 0 radical (unpaired) electrons. The fourth-order valence-corrected chi connectivity index (χ4v) is 3.98. The van der Waals surface area contributed by atoms with E-state index in [1.807, 2.05) is 12.1 Å². The Kier molecular flexibility index (Phi) is 4.55. The van der Waals surface area contributed by atoms with E-state index in [1.165, 1.54) is 32.7 Å². The predicted molar refractivity (Wildman–Crippen MR) is 98.0 cm³/mol. The topological polar surface area (TPSA) is 63.3 Å². The quantitative estimate of drug-likeness (QED) is 0.697. The summed E-state index contributed by atoms with van der Waals surface area (Å²) in [5, 5.41) is 13.9. The highest BCUT2D eigenvalue weighted by atomic mass is 32.2. The van der Waals surface area contributed by atoms with Crippen molar-refractivity contribution in [2.45, 2.75) is 18.7 Å². The molecule has 0 saturated carbocycles. The van der Waals surface area contributed by atoms with Gasteiger partial charge < -0.3 is 10.8 Å². The van der Waals surface area contributed by atoms with Crippen molar-refractivity contribution in [1.29, 1.82) is 0 Å². The fraction of sp³-hybridized carbons (Fsp3) is 0.211. The van der Waals surface area contributed by atoms with Crippen LogP contribution in [0.2, 0.25) is 0 Å². The van der Waals surface area contributed by atoms with E-state index in [0.29, 0.717) is 5.75 Å². The maximum Gasteiger partial charge on any atom is 0.321 e. The molecule has 0 fully saturated rings. The van der Waals surface area contributed by atoms with Crippen molar-refractivity contribution < 1.29 is 9.90 Å². The fourth-order valence-electron chi connectivity index (χ4n) is 2.95. The summed E-state index contributed by atoms with van der Waals surface area (Å²) in [7, 11) is 0. The second kappa shape index (κ2) is 6.60. The minimum atomic E-state index is -0.948. The molecule has 3 nitrogen and oxygen atoms in total. The molecule has 4 heteroatoms. The van der Waals surface area contributed by atoms with Gasteiger partial charge in [-0.1, -0.05) is 48.5 Å².